The van der Waals surface area contributed by atoms with E-state index in [1.54, 1.807) is 6.21 Å². The van der Waals surface area contributed by atoms with Gasteiger partial charge in [-0.3, -0.25) is 0 Å². The predicted octanol–water partition coefficient (Wildman–Crippen LogP) is 4.01. The van der Waals surface area contributed by atoms with Crippen LogP contribution in [-0.4, -0.2) is 30.9 Å². The molecule has 0 saturated carbocycles. The first kappa shape index (κ1) is 18.3. The molecular formula is C21H23N5O. The maximum Gasteiger partial charge on any atom is 0.339 e. The normalized spacial score (nSPS) is 10.8. The van der Waals surface area contributed by atoms with Gasteiger partial charge in [0.1, 0.15) is 0 Å². The summed E-state index contributed by atoms with van der Waals surface area (Å²) in [6, 6.07) is 19.3. The number of rotatable bonds is 5. The lowest BCUT2D eigenvalue weighted by Gasteiger charge is -2.13. The van der Waals surface area contributed by atoms with E-state index in [1.165, 1.54) is 0 Å². The van der Waals surface area contributed by atoms with Gasteiger partial charge in [0.05, 0.1) is 11.9 Å². The molecule has 6 heteroatoms. The van der Waals surface area contributed by atoms with Crippen molar-refractivity contribution in [3.8, 4) is 5.69 Å². The van der Waals surface area contributed by atoms with Gasteiger partial charge in [-0.25, -0.2) is 10.2 Å². The van der Waals surface area contributed by atoms with E-state index in [9.17, 15) is 4.79 Å². The number of amides is 2. The molecule has 0 saturated heterocycles. The van der Waals surface area contributed by atoms with Crippen LogP contribution in [-0.2, 0) is 0 Å². The Morgan fingerprint density at radius 3 is 2.41 bits per heavy atom. The molecule has 0 unspecified atom stereocenters. The highest BCUT2D eigenvalue weighted by atomic mass is 16.2. The third-order valence-corrected chi connectivity index (χ3v) is 4.10. The minimum Gasteiger partial charge on any atom is -0.378 e. The second-order valence-corrected chi connectivity index (χ2v) is 6.40. The number of hydrogen-bond donors (Lipinski definition) is 2. The first-order valence-electron chi connectivity index (χ1n) is 8.65. The molecule has 1 heterocycles. The molecule has 0 radical (unpaired) electrons. The number of benzene rings is 2. The Hall–Kier alpha value is -3.54. The first-order chi connectivity index (χ1) is 13.0. The van der Waals surface area contributed by atoms with Crippen LogP contribution in [0.1, 0.15) is 11.3 Å². The number of nitrogens with zero attached hydrogens (tertiary/aromatic N) is 3. The molecule has 1 aromatic heterocycles. The van der Waals surface area contributed by atoms with Crippen molar-refractivity contribution in [2.45, 2.75) is 6.92 Å². The van der Waals surface area contributed by atoms with Crippen molar-refractivity contribution in [1.82, 2.24) is 9.99 Å². The molecule has 0 spiro atoms. The van der Waals surface area contributed by atoms with Crippen molar-refractivity contribution < 1.29 is 4.79 Å². The summed E-state index contributed by atoms with van der Waals surface area (Å²) in [7, 11) is 4.02. The van der Waals surface area contributed by atoms with Crippen molar-refractivity contribution in [3.05, 3.63) is 78.1 Å². The van der Waals surface area contributed by atoms with Crippen LogP contribution >= 0.6 is 0 Å². The average Bonchev–Trinajstić information content (AvgIpc) is 3.12. The van der Waals surface area contributed by atoms with Gasteiger partial charge < -0.3 is 14.8 Å². The minimum absolute atomic E-state index is 0.386. The Morgan fingerprint density at radius 2 is 1.74 bits per heavy atom. The molecule has 6 nitrogen and oxygen atoms in total. The van der Waals surface area contributed by atoms with Gasteiger partial charge in [0.2, 0.25) is 0 Å². The Bertz CT molecular complexity index is 924. The Balaban J connectivity index is 1.63. The number of aryl methyl sites for hydroxylation is 1. The smallest absolute Gasteiger partial charge is 0.339 e. The molecule has 0 atom stereocenters. The molecule has 0 fully saturated rings. The fourth-order valence-electron chi connectivity index (χ4n) is 2.60. The number of aromatic nitrogens is 1. The van der Waals surface area contributed by atoms with E-state index in [0.717, 1.165) is 28.3 Å². The largest absolute Gasteiger partial charge is 0.378 e. The molecule has 3 rings (SSSR count). The second kappa shape index (κ2) is 8.23. The molecule has 2 aromatic carbocycles. The van der Waals surface area contributed by atoms with Crippen LogP contribution in [0.25, 0.3) is 5.69 Å². The molecule has 3 aromatic rings. The van der Waals surface area contributed by atoms with Crippen LogP contribution in [0.5, 0.6) is 0 Å². The van der Waals surface area contributed by atoms with Crippen molar-refractivity contribution in [2.75, 3.05) is 24.3 Å². The van der Waals surface area contributed by atoms with E-state index in [2.05, 4.69) is 32.9 Å². The summed E-state index contributed by atoms with van der Waals surface area (Å²) in [6.07, 6.45) is 3.58. The van der Waals surface area contributed by atoms with Gasteiger partial charge in [0, 0.05) is 37.4 Å². The van der Waals surface area contributed by atoms with Crippen LogP contribution < -0.4 is 15.6 Å². The van der Waals surface area contributed by atoms with Crippen molar-refractivity contribution in [1.29, 1.82) is 0 Å². The quantitative estimate of drug-likeness (QED) is 0.533. The summed E-state index contributed by atoms with van der Waals surface area (Å²) < 4.78 is 2.00. The Labute approximate surface area is 159 Å². The zero-order valence-electron chi connectivity index (χ0n) is 15.7. The second-order valence-electron chi connectivity index (χ2n) is 6.40. The number of nitrogens with one attached hydrogen (secondary N) is 2. The van der Waals surface area contributed by atoms with Crippen LogP contribution in [0.2, 0.25) is 0 Å². The maximum absolute atomic E-state index is 11.9. The van der Waals surface area contributed by atoms with E-state index < -0.39 is 0 Å². The number of hydrogen-bond acceptors (Lipinski definition) is 3. The lowest BCUT2D eigenvalue weighted by Crippen LogP contribution is -2.24. The highest BCUT2D eigenvalue weighted by Gasteiger charge is 2.03. The van der Waals surface area contributed by atoms with Crippen molar-refractivity contribution >= 4 is 23.6 Å². The van der Waals surface area contributed by atoms with E-state index in [0.29, 0.717) is 0 Å². The van der Waals surface area contributed by atoms with Gasteiger partial charge in [0.15, 0.2) is 0 Å². The van der Waals surface area contributed by atoms with Gasteiger partial charge in [-0.05, 0) is 55.5 Å². The summed E-state index contributed by atoms with van der Waals surface area (Å²) in [5, 5.41) is 6.78. The van der Waals surface area contributed by atoms with E-state index >= 15 is 0 Å². The molecule has 0 aliphatic rings. The van der Waals surface area contributed by atoms with Gasteiger partial charge >= 0.3 is 6.03 Å². The number of carbonyl (C=O) groups excluding carboxylic acids is 1. The highest BCUT2D eigenvalue weighted by Crippen LogP contribution is 2.17. The van der Waals surface area contributed by atoms with Crippen molar-refractivity contribution in [3.63, 3.8) is 0 Å². The number of carbonyl (C=O) groups is 1. The Kier molecular flexibility index (Phi) is 5.56. The summed E-state index contributed by atoms with van der Waals surface area (Å²) >= 11 is 0. The number of anilines is 2. The van der Waals surface area contributed by atoms with E-state index in [1.807, 2.05) is 80.3 Å². The monoisotopic (exact) mass is 361 g/mol. The summed E-state index contributed by atoms with van der Waals surface area (Å²) in [5.41, 5.74) is 7.37. The number of urea groups is 1. The molecule has 2 amide bonds. The third kappa shape index (κ3) is 4.76. The zero-order valence-corrected chi connectivity index (χ0v) is 15.7. The SMILES string of the molecule is Cc1ccc(NC(=O)N/N=C/c2cccn2-c2ccc(N(C)C)cc2)cc1. The van der Waals surface area contributed by atoms with Crippen molar-refractivity contribution in [2.24, 2.45) is 5.10 Å². The van der Waals surface area contributed by atoms with Gasteiger partial charge in [-0.1, -0.05) is 17.7 Å². The van der Waals surface area contributed by atoms with Gasteiger partial charge in [0.25, 0.3) is 0 Å². The fraction of sp³-hybridized carbons (Fsp3) is 0.143. The van der Waals surface area contributed by atoms with Crippen LogP contribution in [0, 0.1) is 6.92 Å². The molecule has 0 aliphatic carbocycles. The molecule has 0 aliphatic heterocycles. The predicted molar refractivity (Wildman–Crippen MR) is 111 cm³/mol. The standard InChI is InChI=1S/C21H23N5O/c1-16-6-8-17(9-7-16)23-21(27)24-22-15-20-5-4-14-26(20)19-12-10-18(11-13-19)25(2)3/h4-15H,1-3H3,(H2,23,24,27)/b22-15+. The van der Waals surface area contributed by atoms with Gasteiger partial charge in [-0.2, -0.15) is 5.10 Å². The molecule has 138 valence electrons. The molecule has 27 heavy (non-hydrogen) atoms. The highest BCUT2D eigenvalue weighted by molar-refractivity contribution is 5.90. The lowest BCUT2D eigenvalue weighted by atomic mass is 10.2. The van der Waals surface area contributed by atoms with Crippen LogP contribution in [0.3, 0.4) is 0 Å². The summed E-state index contributed by atoms with van der Waals surface area (Å²) in [4.78, 5) is 14.0. The average molecular weight is 361 g/mol. The Morgan fingerprint density at radius 1 is 1.04 bits per heavy atom. The fourth-order valence-corrected chi connectivity index (χ4v) is 2.60. The van der Waals surface area contributed by atoms with E-state index in [4.69, 9.17) is 0 Å². The maximum atomic E-state index is 11.9. The summed E-state index contributed by atoms with van der Waals surface area (Å²) in [6.45, 7) is 2.00. The van der Waals surface area contributed by atoms with Crippen LogP contribution in [0.15, 0.2) is 72.0 Å². The van der Waals surface area contributed by atoms with Crippen LogP contribution in [0.4, 0.5) is 16.2 Å². The number of hydrazone groups is 1. The topological polar surface area (TPSA) is 61.7 Å². The molecule has 0 bridgehead atoms. The molecular weight excluding hydrogens is 338 g/mol. The van der Waals surface area contributed by atoms with Gasteiger partial charge in [-0.15, -0.1) is 0 Å². The first-order valence-corrected chi connectivity index (χ1v) is 8.65. The zero-order chi connectivity index (χ0) is 19.2. The summed E-state index contributed by atoms with van der Waals surface area (Å²) in [5.74, 6) is 0. The molecule has 2 N–H and O–H groups in total. The minimum atomic E-state index is -0.386. The van der Waals surface area contributed by atoms with E-state index in [-0.39, 0.29) is 6.03 Å². The third-order valence-electron chi connectivity index (χ3n) is 4.10. The lowest BCUT2D eigenvalue weighted by molar-refractivity contribution is 0.252.